The van der Waals surface area contributed by atoms with Crippen molar-refractivity contribution in [2.75, 3.05) is 54.1 Å². The number of ether oxygens (including phenoxy) is 2. The number of unbranched alkanes of at least 4 members (excludes halogenated alkanes) is 33. The first-order chi connectivity index (χ1) is 27.6. The first-order valence-electron chi connectivity index (χ1n) is 24.8. The van der Waals surface area contributed by atoms with Gasteiger partial charge in [-0.1, -0.05) is 226 Å². The van der Waals surface area contributed by atoms with E-state index in [0.29, 0.717) is 24.1 Å². The molecule has 1 N–H and O–H groups in total. The topological polar surface area (TPSA) is 91.3 Å². The van der Waals surface area contributed by atoms with Gasteiger partial charge in [0.05, 0.1) is 34.4 Å². The molecule has 8 nitrogen and oxygen atoms in total. The van der Waals surface area contributed by atoms with Crippen molar-refractivity contribution in [1.82, 2.24) is 0 Å². The normalized spacial score (nSPS) is 13.6. The third-order valence-corrected chi connectivity index (χ3v) is 12.2. The number of nitrogens with zero attached hydrogens (tertiary/aromatic N) is 1. The summed E-state index contributed by atoms with van der Waals surface area (Å²) in [4.78, 5) is 23.0. The molecule has 0 heterocycles. The highest BCUT2D eigenvalue weighted by atomic mass is 31.2. The van der Waals surface area contributed by atoms with Crippen LogP contribution in [0.5, 0.6) is 0 Å². The van der Waals surface area contributed by atoms with Gasteiger partial charge in [-0.25, -0.2) is 4.57 Å². The molecule has 0 radical (unpaired) electrons. The smallest absolute Gasteiger partial charge is 0.457 e. The maximum Gasteiger partial charge on any atom is 0.472 e. The summed E-state index contributed by atoms with van der Waals surface area (Å²) < 4.78 is 35.1. The Balaban J connectivity index is 4.11. The summed E-state index contributed by atoms with van der Waals surface area (Å²) in [5.41, 5.74) is 0. The van der Waals surface area contributed by atoms with Crippen LogP contribution in [0.1, 0.15) is 245 Å². The predicted molar refractivity (Wildman–Crippen MR) is 243 cm³/mol. The molecule has 0 aliphatic rings. The lowest BCUT2D eigenvalue weighted by atomic mass is 10.0. The highest BCUT2D eigenvalue weighted by Gasteiger charge is 2.26. The summed E-state index contributed by atoms with van der Waals surface area (Å²) in [6.07, 6.45) is 45.6. The molecule has 342 valence electrons. The number of rotatable bonds is 47. The molecule has 0 saturated carbocycles. The van der Waals surface area contributed by atoms with Gasteiger partial charge >= 0.3 is 13.8 Å². The van der Waals surface area contributed by atoms with Gasteiger partial charge in [-0.05, 0) is 12.8 Å². The monoisotopic (exact) mass is 833 g/mol. The van der Waals surface area contributed by atoms with E-state index in [4.69, 9.17) is 18.5 Å². The van der Waals surface area contributed by atoms with E-state index in [0.717, 1.165) is 32.1 Å². The van der Waals surface area contributed by atoms with E-state index in [-0.39, 0.29) is 25.8 Å². The third kappa shape index (κ3) is 46.4. The minimum atomic E-state index is -4.27. The number of carbonyl (C=O) groups is 1. The predicted octanol–water partition coefficient (Wildman–Crippen LogP) is 14.8. The van der Waals surface area contributed by atoms with E-state index >= 15 is 0 Å². The van der Waals surface area contributed by atoms with Gasteiger partial charge in [0.1, 0.15) is 19.3 Å². The fraction of sp³-hybridized carbons (Fsp3) is 0.979. The van der Waals surface area contributed by atoms with E-state index < -0.39 is 13.9 Å². The lowest BCUT2D eigenvalue weighted by molar-refractivity contribution is -0.870. The van der Waals surface area contributed by atoms with Crippen molar-refractivity contribution >= 4 is 13.8 Å². The molecular weight excluding hydrogens is 734 g/mol. The van der Waals surface area contributed by atoms with Crippen LogP contribution in [0.3, 0.4) is 0 Å². The average molecular weight is 833 g/mol. The molecule has 0 spiro atoms. The first-order valence-corrected chi connectivity index (χ1v) is 26.3. The summed E-state index contributed by atoms with van der Waals surface area (Å²) in [7, 11) is 1.69. The van der Waals surface area contributed by atoms with Crippen LogP contribution in [0, 0.1) is 0 Å². The largest absolute Gasteiger partial charge is 0.472 e. The van der Waals surface area contributed by atoms with E-state index in [9.17, 15) is 14.3 Å². The van der Waals surface area contributed by atoms with Crippen LogP contribution in [-0.2, 0) is 27.9 Å². The summed E-state index contributed by atoms with van der Waals surface area (Å²) in [5.74, 6) is -0.305. The van der Waals surface area contributed by atoms with E-state index in [2.05, 4.69) is 13.8 Å². The molecule has 0 saturated heterocycles. The molecule has 0 fully saturated rings. The molecule has 0 aromatic heterocycles. The second-order valence-electron chi connectivity index (χ2n) is 18.2. The van der Waals surface area contributed by atoms with Crippen LogP contribution in [0.25, 0.3) is 0 Å². The molecule has 0 aromatic rings. The van der Waals surface area contributed by atoms with E-state index in [1.54, 1.807) is 0 Å². The van der Waals surface area contributed by atoms with Gasteiger partial charge in [-0.2, -0.15) is 0 Å². The van der Waals surface area contributed by atoms with Gasteiger partial charge in [0, 0.05) is 13.0 Å². The van der Waals surface area contributed by atoms with Gasteiger partial charge in [0.15, 0.2) is 0 Å². The van der Waals surface area contributed by atoms with Gasteiger partial charge in [0.25, 0.3) is 0 Å². The van der Waals surface area contributed by atoms with Crippen LogP contribution in [0.15, 0.2) is 0 Å². The van der Waals surface area contributed by atoms with Crippen molar-refractivity contribution in [3.05, 3.63) is 0 Å². The molecule has 0 aromatic carbocycles. The fourth-order valence-electron chi connectivity index (χ4n) is 7.32. The van der Waals surface area contributed by atoms with Crippen molar-refractivity contribution in [1.29, 1.82) is 0 Å². The van der Waals surface area contributed by atoms with Gasteiger partial charge in [-0.3, -0.25) is 13.8 Å². The molecule has 0 aliphatic carbocycles. The average Bonchev–Trinajstić information content (AvgIpc) is 3.16. The van der Waals surface area contributed by atoms with Crippen LogP contribution in [-0.4, -0.2) is 75.6 Å². The minimum absolute atomic E-state index is 0.0941. The molecular formula is C48H99NO7P+. The molecule has 0 aliphatic heterocycles. The zero-order chi connectivity index (χ0) is 42.0. The minimum Gasteiger partial charge on any atom is -0.457 e. The summed E-state index contributed by atoms with van der Waals surface area (Å²) in [6, 6.07) is 0. The van der Waals surface area contributed by atoms with Crippen LogP contribution in [0.4, 0.5) is 0 Å². The number of phosphoric acid groups is 1. The van der Waals surface area contributed by atoms with Crippen molar-refractivity contribution in [3.63, 3.8) is 0 Å². The first kappa shape index (κ1) is 56.5. The molecule has 0 bridgehead atoms. The summed E-state index contributed by atoms with van der Waals surface area (Å²) in [6.45, 7) is 5.70. The molecule has 2 unspecified atom stereocenters. The zero-order valence-electron chi connectivity index (χ0n) is 38.9. The Kier molecular flexibility index (Phi) is 41.8. The molecule has 2 atom stereocenters. The highest BCUT2D eigenvalue weighted by Crippen LogP contribution is 2.43. The Morgan fingerprint density at radius 3 is 1.16 bits per heavy atom. The second kappa shape index (κ2) is 42.2. The van der Waals surface area contributed by atoms with Gasteiger partial charge in [0.2, 0.25) is 0 Å². The van der Waals surface area contributed by atoms with Crippen LogP contribution >= 0.6 is 7.82 Å². The van der Waals surface area contributed by atoms with Gasteiger partial charge in [-0.15, -0.1) is 0 Å². The lowest BCUT2D eigenvalue weighted by Crippen LogP contribution is -2.37. The Hall–Kier alpha value is -0.500. The Bertz CT molecular complexity index is 883. The standard InChI is InChI=1S/C48H98NO7P/c1-6-8-10-12-14-16-18-20-22-24-25-26-27-29-31-33-35-37-39-41-48(50)56-47(46-55-57(51,52)54-44-42-49(3,4)5)45-53-43-40-38-36-34-32-30-28-23-21-19-17-15-13-11-9-7-2/h47H,6-46H2,1-5H3/p+1. The lowest BCUT2D eigenvalue weighted by Gasteiger charge is -2.24. The molecule has 0 amide bonds. The number of hydrogen-bond donors (Lipinski definition) is 1. The van der Waals surface area contributed by atoms with Crippen molar-refractivity contribution in [2.45, 2.75) is 251 Å². The Morgan fingerprint density at radius 1 is 0.474 bits per heavy atom. The number of likely N-dealkylation sites (N-methyl/N-ethyl adjacent to an activating group) is 1. The number of hydrogen-bond acceptors (Lipinski definition) is 6. The number of quaternary nitrogens is 1. The van der Waals surface area contributed by atoms with Crippen molar-refractivity contribution < 1.29 is 37.3 Å². The number of phosphoric ester groups is 1. The van der Waals surface area contributed by atoms with E-state index in [1.165, 1.54) is 193 Å². The van der Waals surface area contributed by atoms with E-state index in [1.807, 2.05) is 21.1 Å². The third-order valence-electron chi connectivity index (χ3n) is 11.2. The highest BCUT2D eigenvalue weighted by molar-refractivity contribution is 7.47. The Morgan fingerprint density at radius 2 is 0.807 bits per heavy atom. The van der Waals surface area contributed by atoms with Crippen molar-refractivity contribution in [3.8, 4) is 0 Å². The van der Waals surface area contributed by atoms with Crippen LogP contribution < -0.4 is 0 Å². The number of carbonyl (C=O) groups excluding carboxylic acids is 1. The molecule has 57 heavy (non-hydrogen) atoms. The maximum atomic E-state index is 12.7. The zero-order valence-corrected chi connectivity index (χ0v) is 39.8. The molecule has 9 heteroatoms. The maximum absolute atomic E-state index is 12.7. The SMILES string of the molecule is CCCCCCCCCCCCCCCCCCCCCC(=O)OC(COCCCCCCCCCCCCCCCCCC)COP(=O)(O)OCC[N+](C)(C)C. The fourth-order valence-corrected chi connectivity index (χ4v) is 8.06. The quantitative estimate of drug-likeness (QED) is 0.0283. The Labute approximate surface area is 355 Å². The summed E-state index contributed by atoms with van der Waals surface area (Å²) in [5, 5.41) is 0. The van der Waals surface area contributed by atoms with Crippen LogP contribution in [0.2, 0.25) is 0 Å². The summed E-state index contributed by atoms with van der Waals surface area (Å²) >= 11 is 0. The second-order valence-corrected chi connectivity index (χ2v) is 19.7. The van der Waals surface area contributed by atoms with Gasteiger partial charge < -0.3 is 18.9 Å². The number of esters is 1. The van der Waals surface area contributed by atoms with Crippen molar-refractivity contribution in [2.24, 2.45) is 0 Å². The molecule has 0 rings (SSSR count).